The Morgan fingerprint density at radius 2 is 1.87 bits per heavy atom. The summed E-state index contributed by atoms with van der Waals surface area (Å²) in [7, 11) is 3.22. The van der Waals surface area contributed by atoms with Gasteiger partial charge in [0.15, 0.2) is 11.5 Å². The van der Waals surface area contributed by atoms with Crippen LogP contribution in [0.4, 0.5) is 5.13 Å². The zero-order chi connectivity index (χ0) is 21.1. The average Bonchev–Trinajstić information content (AvgIpc) is 3.18. The van der Waals surface area contributed by atoms with E-state index in [1.165, 1.54) is 11.3 Å². The van der Waals surface area contributed by atoms with Gasteiger partial charge in [0.25, 0.3) is 0 Å². The van der Waals surface area contributed by atoms with E-state index in [0.717, 1.165) is 27.8 Å². The highest BCUT2D eigenvalue weighted by Crippen LogP contribution is 2.33. The van der Waals surface area contributed by atoms with Crippen LogP contribution in [-0.2, 0) is 0 Å². The summed E-state index contributed by atoms with van der Waals surface area (Å²) in [5.74, 6) is 2.73. The van der Waals surface area contributed by atoms with Crippen molar-refractivity contribution < 1.29 is 18.6 Å². The standard InChI is InChI=1S/C23H22N2O4S/c1-5-28-16-7-9-19-17(11-16)18(25-23-24-14(2)13-30-23)12-21(29-19)15-6-8-20(26-3)22(10-15)27-4/h6-13H,5H2,1-4H3. The van der Waals surface area contributed by atoms with Gasteiger partial charge >= 0.3 is 0 Å². The van der Waals surface area contributed by atoms with Gasteiger partial charge in [0.1, 0.15) is 17.1 Å². The maximum atomic E-state index is 6.21. The molecule has 30 heavy (non-hydrogen) atoms. The van der Waals surface area contributed by atoms with Gasteiger partial charge in [-0.2, -0.15) is 0 Å². The van der Waals surface area contributed by atoms with Crippen LogP contribution in [0.15, 0.2) is 57.3 Å². The lowest BCUT2D eigenvalue weighted by atomic mass is 10.1. The average molecular weight is 423 g/mol. The number of benzene rings is 2. The molecule has 0 amide bonds. The van der Waals surface area contributed by atoms with Crippen LogP contribution in [0, 0.1) is 6.92 Å². The molecule has 6 nitrogen and oxygen atoms in total. The van der Waals surface area contributed by atoms with Crippen LogP contribution in [0.25, 0.3) is 22.3 Å². The van der Waals surface area contributed by atoms with Crippen molar-refractivity contribution in [2.45, 2.75) is 13.8 Å². The number of methoxy groups -OCH3 is 2. The SMILES string of the molecule is CCOc1ccc2oc(-c3ccc(OC)c(OC)c3)cc(=Nc3nc(C)cs3)c2c1. The van der Waals surface area contributed by atoms with Gasteiger partial charge in [-0.15, -0.1) is 11.3 Å². The Labute approximate surface area is 178 Å². The minimum absolute atomic E-state index is 0.588. The van der Waals surface area contributed by atoms with Crippen LogP contribution in [-0.4, -0.2) is 25.8 Å². The lowest BCUT2D eigenvalue weighted by Gasteiger charge is -2.10. The Morgan fingerprint density at radius 3 is 2.57 bits per heavy atom. The molecule has 0 bridgehead atoms. The van der Waals surface area contributed by atoms with E-state index in [4.69, 9.17) is 23.6 Å². The molecular formula is C23H22N2O4S. The lowest BCUT2D eigenvalue weighted by Crippen LogP contribution is -2.04. The zero-order valence-electron chi connectivity index (χ0n) is 17.3. The number of rotatable bonds is 6. The third-order valence-corrected chi connectivity index (χ3v) is 5.37. The number of hydrogen-bond donors (Lipinski definition) is 0. The smallest absolute Gasteiger partial charge is 0.209 e. The van der Waals surface area contributed by atoms with E-state index in [1.807, 2.05) is 61.7 Å². The van der Waals surface area contributed by atoms with E-state index < -0.39 is 0 Å². The van der Waals surface area contributed by atoms with E-state index in [9.17, 15) is 0 Å². The molecule has 0 radical (unpaired) electrons. The topological polar surface area (TPSA) is 66.1 Å². The summed E-state index contributed by atoms with van der Waals surface area (Å²) in [5, 5.41) is 4.30. The summed E-state index contributed by atoms with van der Waals surface area (Å²) < 4.78 is 22.7. The highest BCUT2D eigenvalue weighted by Gasteiger charge is 2.11. The molecular weight excluding hydrogens is 400 g/mol. The van der Waals surface area contributed by atoms with Crippen LogP contribution in [0.1, 0.15) is 12.6 Å². The molecule has 4 aromatic rings. The normalized spacial score (nSPS) is 11.7. The predicted molar refractivity (Wildman–Crippen MR) is 118 cm³/mol. The Morgan fingerprint density at radius 1 is 1.03 bits per heavy atom. The molecule has 2 aromatic heterocycles. The summed E-state index contributed by atoms with van der Waals surface area (Å²) in [6.07, 6.45) is 0. The van der Waals surface area contributed by atoms with Crippen molar-refractivity contribution in [3.8, 4) is 28.6 Å². The molecule has 7 heteroatoms. The Kier molecular flexibility index (Phi) is 5.72. The van der Waals surface area contributed by atoms with Gasteiger partial charge in [-0.3, -0.25) is 0 Å². The van der Waals surface area contributed by atoms with Gasteiger partial charge in [0.05, 0.1) is 31.9 Å². The summed E-state index contributed by atoms with van der Waals surface area (Å²) in [6.45, 7) is 4.50. The minimum atomic E-state index is 0.588. The Balaban J connectivity index is 1.94. The van der Waals surface area contributed by atoms with Crippen LogP contribution >= 0.6 is 11.3 Å². The molecule has 0 aliphatic carbocycles. The molecule has 4 rings (SSSR count). The highest BCUT2D eigenvalue weighted by atomic mass is 32.1. The van der Waals surface area contributed by atoms with E-state index in [1.54, 1.807) is 14.2 Å². The maximum Gasteiger partial charge on any atom is 0.209 e. The molecule has 0 saturated carbocycles. The van der Waals surface area contributed by atoms with E-state index >= 15 is 0 Å². The number of fused-ring (bicyclic) bond motifs is 1. The van der Waals surface area contributed by atoms with Crippen molar-refractivity contribution in [3.63, 3.8) is 0 Å². The van der Waals surface area contributed by atoms with Gasteiger partial charge in [-0.05, 0) is 50.2 Å². The first-order valence-electron chi connectivity index (χ1n) is 9.51. The second kappa shape index (κ2) is 8.59. The molecule has 0 aliphatic heterocycles. The predicted octanol–water partition coefficient (Wildman–Crippen LogP) is 5.51. The van der Waals surface area contributed by atoms with E-state index in [2.05, 4.69) is 4.98 Å². The minimum Gasteiger partial charge on any atom is -0.494 e. The van der Waals surface area contributed by atoms with Crippen molar-refractivity contribution in [1.82, 2.24) is 4.98 Å². The fourth-order valence-electron chi connectivity index (χ4n) is 3.12. The van der Waals surface area contributed by atoms with Gasteiger partial charge in [-0.25, -0.2) is 9.98 Å². The molecule has 0 N–H and O–H groups in total. The lowest BCUT2D eigenvalue weighted by molar-refractivity contribution is 0.340. The van der Waals surface area contributed by atoms with Gasteiger partial charge in [0.2, 0.25) is 5.13 Å². The third-order valence-electron chi connectivity index (χ3n) is 4.52. The van der Waals surface area contributed by atoms with E-state index in [-0.39, 0.29) is 0 Å². The maximum absolute atomic E-state index is 6.21. The van der Waals surface area contributed by atoms with Gasteiger partial charge in [0, 0.05) is 22.4 Å². The fraction of sp³-hybridized carbons (Fsp3) is 0.217. The summed E-state index contributed by atoms with van der Waals surface area (Å²) in [4.78, 5) is 9.27. The van der Waals surface area contributed by atoms with Crippen LogP contribution in [0.5, 0.6) is 17.2 Å². The van der Waals surface area contributed by atoms with Crippen molar-refractivity contribution in [2.75, 3.05) is 20.8 Å². The van der Waals surface area contributed by atoms with E-state index in [0.29, 0.717) is 34.6 Å². The first-order valence-corrected chi connectivity index (χ1v) is 10.4. The van der Waals surface area contributed by atoms with Crippen LogP contribution < -0.4 is 19.6 Å². The van der Waals surface area contributed by atoms with Crippen molar-refractivity contribution in [1.29, 1.82) is 0 Å². The van der Waals surface area contributed by atoms with Gasteiger partial charge in [-0.1, -0.05) is 0 Å². The van der Waals surface area contributed by atoms with Gasteiger partial charge < -0.3 is 18.6 Å². The number of thiazole rings is 1. The molecule has 0 spiro atoms. The molecule has 2 heterocycles. The molecule has 154 valence electrons. The number of aryl methyl sites for hydroxylation is 1. The Bertz CT molecular complexity index is 1260. The number of nitrogens with zero attached hydrogens (tertiary/aromatic N) is 2. The number of hydrogen-bond acceptors (Lipinski definition) is 7. The quantitative estimate of drug-likeness (QED) is 0.410. The second-order valence-corrected chi connectivity index (χ2v) is 7.38. The number of aromatic nitrogens is 1. The van der Waals surface area contributed by atoms with Crippen molar-refractivity contribution in [3.05, 3.63) is 58.9 Å². The Hall–Kier alpha value is -3.32. The molecule has 0 atom stereocenters. The number of ether oxygens (including phenoxy) is 3. The third kappa shape index (κ3) is 4.02. The summed E-state index contributed by atoms with van der Waals surface area (Å²) in [5.41, 5.74) is 2.51. The summed E-state index contributed by atoms with van der Waals surface area (Å²) >= 11 is 1.50. The summed E-state index contributed by atoms with van der Waals surface area (Å²) in [6, 6.07) is 13.3. The monoisotopic (exact) mass is 422 g/mol. The molecule has 0 unspecified atom stereocenters. The molecule has 0 aliphatic rings. The molecule has 2 aromatic carbocycles. The van der Waals surface area contributed by atoms with Crippen LogP contribution in [0.2, 0.25) is 0 Å². The zero-order valence-corrected chi connectivity index (χ0v) is 18.1. The van der Waals surface area contributed by atoms with Crippen molar-refractivity contribution >= 4 is 27.4 Å². The first-order chi connectivity index (χ1) is 14.6. The second-order valence-electron chi connectivity index (χ2n) is 6.54. The van der Waals surface area contributed by atoms with Crippen LogP contribution in [0.3, 0.4) is 0 Å². The first kappa shape index (κ1) is 20.0. The molecule has 0 fully saturated rings. The largest absolute Gasteiger partial charge is 0.494 e. The van der Waals surface area contributed by atoms with Crippen molar-refractivity contribution in [2.24, 2.45) is 4.99 Å². The highest BCUT2D eigenvalue weighted by molar-refractivity contribution is 7.13. The fourth-order valence-corrected chi connectivity index (χ4v) is 3.80. The molecule has 0 saturated heterocycles.